The smallest absolute Gasteiger partial charge is 0.330 e. The molecule has 1 saturated heterocycles. The first-order chi connectivity index (χ1) is 28.9. The highest BCUT2D eigenvalue weighted by molar-refractivity contribution is 6.07. The standard InChI is InChI=1S/C44H59N11O6/c1-25(2)20-32(39(58)52(7)8)48-41(60)44(17-11-18-44)51-38(57)33-12-10-19-54(33)40(59)35(26(3)4)49-37(56)29-15-13-27(5)34(21-29)55-24-30-22-46-42(50-36(30)53(9)43(55)61)47-31-16-14-28(6)45-23-31/h13-16,21-23,25-26,32-33,35H,10-12,17-20,24H2,1-9H3,(H,48,60)(H,49,56)(H,51,57)(H,46,47,50)/t32-,33?,35-/m0/s1. The molecule has 17 nitrogen and oxygen atoms in total. The lowest BCUT2D eigenvalue weighted by Gasteiger charge is -2.43. The highest BCUT2D eigenvalue weighted by Crippen LogP contribution is 2.35. The molecule has 0 radical (unpaired) electrons. The molecule has 4 N–H and O–H groups in total. The number of aryl methyl sites for hydroxylation is 2. The van der Waals surface area contributed by atoms with Crippen LogP contribution in [0.2, 0.25) is 0 Å². The van der Waals surface area contributed by atoms with Gasteiger partial charge in [-0.25, -0.2) is 9.78 Å². The van der Waals surface area contributed by atoms with Crippen LogP contribution in [0.15, 0.2) is 42.7 Å². The normalized spacial score (nSPS) is 17.9. The second-order valence-electron chi connectivity index (χ2n) is 17.5. The van der Waals surface area contributed by atoms with Crippen LogP contribution in [0, 0.1) is 25.7 Å². The summed E-state index contributed by atoms with van der Waals surface area (Å²) in [5.74, 6) is -1.37. The number of carbonyl (C=O) groups is 6. The number of amides is 7. The second-order valence-corrected chi connectivity index (χ2v) is 17.5. The van der Waals surface area contributed by atoms with Crippen LogP contribution in [0.5, 0.6) is 0 Å². The number of hydrogen-bond acceptors (Lipinski definition) is 10. The maximum Gasteiger partial charge on any atom is 0.330 e. The van der Waals surface area contributed by atoms with E-state index in [2.05, 4.69) is 36.2 Å². The molecule has 1 aromatic carbocycles. The van der Waals surface area contributed by atoms with Crippen molar-refractivity contribution in [2.24, 2.45) is 11.8 Å². The van der Waals surface area contributed by atoms with E-state index in [4.69, 9.17) is 0 Å². The molecule has 0 spiro atoms. The highest BCUT2D eigenvalue weighted by atomic mass is 16.2. The summed E-state index contributed by atoms with van der Waals surface area (Å²) < 4.78 is 0. The zero-order valence-electron chi connectivity index (χ0n) is 36.7. The van der Waals surface area contributed by atoms with Crippen LogP contribution in [0.1, 0.15) is 93.4 Å². The van der Waals surface area contributed by atoms with Gasteiger partial charge in [-0.3, -0.25) is 38.8 Å². The average Bonchev–Trinajstić information content (AvgIpc) is 3.70. The fourth-order valence-corrected chi connectivity index (χ4v) is 8.05. The van der Waals surface area contributed by atoms with Gasteiger partial charge in [0.2, 0.25) is 29.6 Å². The predicted molar refractivity (Wildman–Crippen MR) is 231 cm³/mol. The van der Waals surface area contributed by atoms with Crippen LogP contribution in [-0.2, 0) is 25.7 Å². The van der Waals surface area contributed by atoms with Crippen LogP contribution in [-0.4, -0.2) is 112 Å². The van der Waals surface area contributed by atoms with E-state index in [1.54, 1.807) is 56.6 Å². The second kappa shape index (κ2) is 18.2. The number of nitrogens with one attached hydrogen (secondary N) is 4. The van der Waals surface area contributed by atoms with Crippen molar-refractivity contribution in [1.82, 2.24) is 40.7 Å². The highest BCUT2D eigenvalue weighted by Gasteiger charge is 2.49. The molecule has 6 rings (SSSR count). The monoisotopic (exact) mass is 837 g/mol. The number of carbonyl (C=O) groups excluding carboxylic acids is 6. The van der Waals surface area contributed by atoms with Crippen molar-refractivity contribution in [3.63, 3.8) is 0 Å². The van der Waals surface area contributed by atoms with Crippen molar-refractivity contribution >= 4 is 58.7 Å². The third-order valence-electron chi connectivity index (χ3n) is 11.7. The summed E-state index contributed by atoms with van der Waals surface area (Å²) in [6.45, 7) is 11.8. The molecule has 1 aliphatic carbocycles. The van der Waals surface area contributed by atoms with Gasteiger partial charge in [-0.15, -0.1) is 0 Å². The summed E-state index contributed by atoms with van der Waals surface area (Å²) >= 11 is 0. The van der Waals surface area contributed by atoms with Gasteiger partial charge in [0, 0.05) is 56.4 Å². The topological polar surface area (TPSA) is 202 Å². The molecule has 3 aliphatic rings. The van der Waals surface area contributed by atoms with Gasteiger partial charge in [-0.1, -0.05) is 33.8 Å². The first-order valence-electron chi connectivity index (χ1n) is 21.1. The minimum Gasteiger partial charge on any atom is -0.347 e. The lowest BCUT2D eigenvalue weighted by Crippen LogP contribution is -2.67. The maximum atomic E-state index is 14.3. The molecule has 0 bridgehead atoms. The molecule has 2 fully saturated rings. The average molecular weight is 838 g/mol. The SMILES string of the molecule is Cc1ccc(Nc2ncc3c(n2)N(C)C(=O)N(c2cc(C(=O)N[C@H](C(=O)N4CCCC4C(=O)NC4(C(=O)N[C@@H](CC(C)C)C(=O)N(C)C)CCC4)C(C)C)ccc2C)C3)cn1. The zero-order valence-corrected chi connectivity index (χ0v) is 36.7. The number of anilines is 4. The summed E-state index contributed by atoms with van der Waals surface area (Å²) in [6.07, 6.45) is 6.35. The number of fused-ring (bicyclic) bond motifs is 1. The molecular weight excluding hydrogens is 779 g/mol. The predicted octanol–water partition coefficient (Wildman–Crippen LogP) is 4.21. The maximum absolute atomic E-state index is 14.3. The Bertz CT molecular complexity index is 2170. The number of aromatic nitrogens is 3. The number of pyridine rings is 1. The number of hydrogen-bond donors (Lipinski definition) is 4. The van der Waals surface area contributed by atoms with Crippen molar-refractivity contribution in [3.8, 4) is 0 Å². The van der Waals surface area contributed by atoms with E-state index in [9.17, 15) is 28.8 Å². The number of benzene rings is 1. The lowest BCUT2D eigenvalue weighted by molar-refractivity contribution is -0.145. The van der Waals surface area contributed by atoms with Crippen LogP contribution < -0.4 is 31.1 Å². The molecule has 17 heteroatoms. The van der Waals surface area contributed by atoms with E-state index >= 15 is 0 Å². The third-order valence-corrected chi connectivity index (χ3v) is 11.7. The van der Waals surface area contributed by atoms with E-state index in [0.717, 1.165) is 17.7 Å². The van der Waals surface area contributed by atoms with Crippen LogP contribution in [0.4, 0.5) is 27.9 Å². The van der Waals surface area contributed by atoms with Crippen molar-refractivity contribution in [3.05, 3.63) is 65.1 Å². The van der Waals surface area contributed by atoms with E-state index in [1.165, 1.54) is 14.7 Å². The minimum atomic E-state index is -1.18. The van der Waals surface area contributed by atoms with Gasteiger partial charge in [-0.2, -0.15) is 4.98 Å². The van der Waals surface area contributed by atoms with E-state index < -0.39 is 47.3 Å². The third kappa shape index (κ3) is 9.60. The first kappa shape index (κ1) is 44.4. The Morgan fingerprint density at radius 1 is 0.951 bits per heavy atom. The van der Waals surface area contributed by atoms with Gasteiger partial charge >= 0.3 is 6.03 Å². The van der Waals surface area contributed by atoms with Crippen LogP contribution in [0.25, 0.3) is 0 Å². The summed E-state index contributed by atoms with van der Waals surface area (Å²) in [7, 11) is 4.92. The fourth-order valence-electron chi connectivity index (χ4n) is 8.05. The molecule has 2 aliphatic heterocycles. The Morgan fingerprint density at radius 3 is 2.31 bits per heavy atom. The van der Waals surface area contributed by atoms with Gasteiger partial charge in [0.25, 0.3) is 5.91 Å². The zero-order chi connectivity index (χ0) is 44.3. The van der Waals surface area contributed by atoms with Gasteiger partial charge in [0.05, 0.1) is 18.4 Å². The number of likely N-dealkylation sites (N-methyl/N-ethyl adjacent to an activating group) is 1. The summed E-state index contributed by atoms with van der Waals surface area (Å²) in [5, 5.41) is 11.9. The number of nitrogens with zero attached hydrogens (tertiary/aromatic N) is 7. The van der Waals surface area contributed by atoms with Crippen molar-refractivity contribution < 1.29 is 28.8 Å². The molecule has 3 atom stereocenters. The quantitative estimate of drug-likeness (QED) is 0.182. The molecule has 7 amide bonds. The molecule has 3 aromatic rings. The van der Waals surface area contributed by atoms with Gasteiger partial charge in [0.15, 0.2) is 0 Å². The molecule has 1 saturated carbocycles. The molecule has 2 aromatic heterocycles. The number of rotatable bonds is 14. The van der Waals surface area contributed by atoms with Crippen molar-refractivity contribution in [1.29, 1.82) is 0 Å². The first-order valence-corrected chi connectivity index (χ1v) is 21.1. The van der Waals surface area contributed by atoms with E-state index in [-0.39, 0.29) is 35.9 Å². The molecular formula is C44H59N11O6. The fraction of sp³-hybridized carbons (Fsp3) is 0.523. The van der Waals surface area contributed by atoms with Crippen LogP contribution in [0.3, 0.4) is 0 Å². The number of urea groups is 1. The van der Waals surface area contributed by atoms with E-state index in [1.807, 2.05) is 53.7 Å². The summed E-state index contributed by atoms with van der Waals surface area (Å²) in [6, 6.07) is 5.90. The van der Waals surface area contributed by atoms with Crippen LogP contribution >= 0.6 is 0 Å². The molecule has 61 heavy (non-hydrogen) atoms. The van der Waals surface area contributed by atoms with Gasteiger partial charge < -0.3 is 31.1 Å². The Balaban J connectivity index is 1.14. The number of likely N-dealkylation sites (tertiary alicyclic amines) is 1. The van der Waals surface area contributed by atoms with Gasteiger partial charge in [-0.05, 0) is 94.0 Å². The Hall–Kier alpha value is -6.13. The summed E-state index contributed by atoms with van der Waals surface area (Å²) in [4.78, 5) is 102. The molecule has 4 heterocycles. The van der Waals surface area contributed by atoms with E-state index in [0.29, 0.717) is 67.4 Å². The Morgan fingerprint density at radius 2 is 1.69 bits per heavy atom. The van der Waals surface area contributed by atoms with Crippen molar-refractivity contribution in [2.75, 3.05) is 42.8 Å². The lowest BCUT2D eigenvalue weighted by atomic mass is 9.75. The summed E-state index contributed by atoms with van der Waals surface area (Å²) in [5.41, 5.74) is 2.64. The molecule has 326 valence electrons. The Kier molecular flexibility index (Phi) is 13.3. The van der Waals surface area contributed by atoms with Gasteiger partial charge in [0.1, 0.15) is 29.5 Å². The molecule has 1 unspecified atom stereocenters. The minimum absolute atomic E-state index is 0.150. The van der Waals surface area contributed by atoms with Crippen molar-refractivity contribution in [2.45, 2.75) is 110 Å². The Labute approximate surface area is 357 Å². The largest absolute Gasteiger partial charge is 0.347 e.